The lowest BCUT2D eigenvalue weighted by Gasteiger charge is -2.14. The SMILES string of the molecule is C[C@H](Sc1nnc(-c2ccncc2)n1Cc1ccccc1)C(=O)Nc1ccccc1. The fourth-order valence-corrected chi connectivity index (χ4v) is 3.82. The molecule has 4 rings (SSSR count). The predicted molar refractivity (Wildman–Crippen MR) is 119 cm³/mol. The van der Waals surface area contributed by atoms with Crippen LogP contribution in [-0.2, 0) is 11.3 Å². The fraction of sp³-hybridized carbons (Fsp3) is 0.130. The number of benzene rings is 2. The standard InChI is InChI=1S/C23H21N5OS/c1-17(22(29)25-20-10-6-3-7-11-20)30-23-27-26-21(19-12-14-24-15-13-19)28(23)16-18-8-4-2-5-9-18/h2-15,17H,16H2,1H3,(H,25,29)/t17-/m0/s1. The first-order valence-corrected chi connectivity index (χ1v) is 10.5. The number of anilines is 1. The molecule has 1 amide bonds. The highest BCUT2D eigenvalue weighted by Crippen LogP contribution is 2.28. The maximum Gasteiger partial charge on any atom is 0.237 e. The van der Waals surface area contributed by atoms with E-state index in [2.05, 4.69) is 32.6 Å². The van der Waals surface area contributed by atoms with Crippen LogP contribution >= 0.6 is 11.8 Å². The van der Waals surface area contributed by atoms with E-state index in [1.807, 2.05) is 72.2 Å². The number of nitrogens with one attached hydrogen (secondary N) is 1. The van der Waals surface area contributed by atoms with Crippen LogP contribution in [0.5, 0.6) is 0 Å². The number of carbonyl (C=O) groups is 1. The Labute approximate surface area is 179 Å². The lowest BCUT2D eigenvalue weighted by molar-refractivity contribution is -0.115. The molecule has 0 radical (unpaired) electrons. The normalized spacial score (nSPS) is 11.8. The van der Waals surface area contributed by atoms with E-state index >= 15 is 0 Å². The maximum atomic E-state index is 12.7. The van der Waals surface area contributed by atoms with Gasteiger partial charge in [-0.3, -0.25) is 14.3 Å². The lowest BCUT2D eigenvalue weighted by atomic mass is 10.2. The molecule has 0 aliphatic heterocycles. The number of pyridine rings is 1. The van der Waals surface area contributed by atoms with Gasteiger partial charge in [0.25, 0.3) is 0 Å². The van der Waals surface area contributed by atoms with Crippen LogP contribution in [-0.4, -0.2) is 30.9 Å². The van der Waals surface area contributed by atoms with Gasteiger partial charge in [0.1, 0.15) is 0 Å². The number of hydrogen-bond donors (Lipinski definition) is 1. The Hall–Kier alpha value is -3.45. The number of carbonyl (C=O) groups excluding carboxylic acids is 1. The smallest absolute Gasteiger partial charge is 0.237 e. The van der Waals surface area contributed by atoms with Crippen molar-refractivity contribution in [3.05, 3.63) is 90.8 Å². The predicted octanol–water partition coefficient (Wildman–Crippen LogP) is 4.51. The van der Waals surface area contributed by atoms with E-state index in [4.69, 9.17) is 0 Å². The van der Waals surface area contributed by atoms with Gasteiger partial charge in [0.05, 0.1) is 11.8 Å². The topological polar surface area (TPSA) is 72.7 Å². The highest BCUT2D eigenvalue weighted by molar-refractivity contribution is 8.00. The Balaban J connectivity index is 1.59. The third-order valence-electron chi connectivity index (χ3n) is 4.53. The van der Waals surface area contributed by atoms with Gasteiger partial charge in [-0.05, 0) is 36.8 Å². The van der Waals surface area contributed by atoms with Crippen LogP contribution in [0.3, 0.4) is 0 Å². The summed E-state index contributed by atoms with van der Waals surface area (Å²) in [5.41, 5.74) is 2.84. The Bertz CT molecular complexity index is 1100. The zero-order valence-corrected chi connectivity index (χ0v) is 17.3. The van der Waals surface area contributed by atoms with Crippen molar-refractivity contribution in [3.8, 4) is 11.4 Å². The Kier molecular flexibility index (Phi) is 6.20. The molecule has 0 spiro atoms. The third kappa shape index (κ3) is 4.75. The van der Waals surface area contributed by atoms with Crippen LogP contribution in [0.25, 0.3) is 11.4 Å². The number of hydrogen-bond acceptors (Lipinski definition) is 5. The molecule has 7 heteroatoms. The van der Waals surface area contributed by atoms with Crippen molar-refractivity contribution >= 4 is 23.4 Å². The summed E-state index contributed by atoms with van der Waals surface area (Å²) in [4.78, 5) is 16.8. The average Bonchev–Trinajstić information content (AvgIpc) is 3.17. The Morgan fingerprint density at radius 3 is 2.33 bits per heavy atom. The molecule has 2 heterocycles. The second kappa shape index (κ2) is 9.37. The minimum Gasteiger partial charge on any atom is -0.325 e. The summed E-state index contributed by atoms with van der Waals surface area (Å²) < 4.78 is 2.04. The van der Waals surface area contributed by atoms with Gasteiger partial charge in [0, 0.05) is 23.6 Å². The van der Waals surface area contributed by atoms with Crippen molar-refractivity contribution in [3.63, 3.8) is 0 Å². The van der Waals surface area contributed by atoms with E-state index in [1.54, 1.807) is 12.4 Å². The first-order valence-electron chi connectivity index (χ1n) is 9.61. The molecule has 150 valence electrons. The van der Waals surface area contributed by atoms with Crippen molar-refractivity contribution in [1.82, 2.24) is 19.7 Å². The first kappa shape index (κ1) is 19.8. The van der Waals surface area contributed by atoms with Crippen molar-refractivity contribution in [2.24, 2.45) is 0 Å². The van der Waals surface area contributed by atoms with E-state index in [0.717, 1.165) is 22.6 Å². The van der Waals surface area contributed by atoms with E-state index in [1.165, 1.54) is 11.8 Å². The van der Waals surface area contributed by atoms with Crippen molar-refractivity contribution in [1.29, 1.82) is 0 Å². The molecule has 30 heavy (non-hydrogen) atoms. The van der Waals surface area contributed by atoms with Gasteiger partial charge in [-0.1, -0.05) is 60.3 Å². The molecule has 6 nitrogen and oxygen atoms in total. The molecule has 0 saturated carbocycles. The number of aromatic nitrogens is 4. The monoisotopic (exact) mass is 415 g/mol. The summed E-state index contributed by atoms with van der Waals surface area (Å²) in [6.45, 7) is 2.48. The molecular weight excluding hydrogens is 394 g/mol. The highest BCUT2D eigenvalue weighted by atomic mass is 32.2. The summed E-state index contributed by atoms with van der Waals surface area (Å²) in [6.07, 6.45) is 3.47. The molecule has 0 aliphatic carbocycles. The van der Waals surface area contributed by atoms with Crippen LogP contribution in [0.1, 0.15) is 12.5 Å². The number of para-hydroxylation sites is 1. The molecular formula is C23H21N5OS. The molecule has 1 atom stereocenters. The molecule has 1 N–H and O–H groups in total. The third-order valence-corrected chi connectivity index (χ3v) is 5.61. The molecule has 0 aliphatic rings. The van der Waals surface area contributed by atoms with Crippen LogP contribution < -0.4 is 5.32 Å². The van der Waals surface area contributed by atoms with E-state index < -0.39 is 0 Å². The Morgan fingerprint density at radius 1 is 0.967 bits per heavy atom. The van der Waals surface area contributed by atoms with Crippen LogP contribution in [0.15, 0.2) is 90.3 Å². The zero-order chi connectivity index (χ0) is 20.8. The van der Waals surface area contributed by atoms with Gasteiger partial charge >= 0.3 is 0 Å². The van der Waals surface area contributed by atoms with Gasteiger partial charge in [-0.15, -0.1) is 10.2 Å². The number of amides is 1. The van der Waals surface area contributed by atoms with E-state index in [-0.39, 0.29) is 11.2 Å². The molecule has 2 aromatic heterocycles. The van der Waals surface area contributed by atoms with Crippen molar-refractivity contribution in [2.45, 2.75) is 23.9 Å². The number of thioether (sulfide) groups is 1. The average molecular weight is 416 g/mol. The van der Waals surface area contributed by atoms with Crippen molar-refractivity contribution < 1.29 is 4.79 Å². The van der Waals surface area contributed by atoms with Gasteiger partial charge in [-0.2, -0.15) is 0 Å². The van der Waals surface area contributed by atoms with Crippen molar-refractivity contribution in [2.75, 3.05) is 5.32 Å². The van der Waals surface area contributed by atoms with E-state index in [9.17, 15) is 4.79 Å². The summed E-state index contributed by atoms with van der Waals surface area (Å²) in [5, 5.41) is 12.1. The second-order valence-corrected chi connectivity index (χ2v) is 8.04. The quantitative estimate of drug-likeness (QED) is 0.450. The summed E-state index contributed by atoms with van der Waals surface area (Å²) in [7, 11) is 0. The second-order valence-electron chi connectivity index (χ2n) is 6.73. The van der Waals surface area contributed by atoms with Gasteiger partial charge in [0.2, 0.25) is 5.91 Å². The lowest BCUT2D eigenvalue weighted by Crippen LogP contribution is -2.23. The summed E-state index contributed by atoms with van der Waals surface area (Å²) in [6, 6.07) is 23.4. The number of rotatable bonds is 7. The molecule has 0 fully saturated rings. The molecule has 0 saturated heterocycles. The minimum atomic E-state index is -0.339. The molecule has 4 aromatic rings. The zero-order valence-electron chi connectivity index (χ0n) is 16.5. The summed E-state index contributed by atoms with van der Waals surface area (Å²) in [5.74, 6) is 0.672. The van der Waals surface area contributed by atoms with Crippen LogP contribution in [0.4, 0.5) is 5.69 Å². The molecule has 0 unspecified atom stereocenters. The van der Waals surface area contributed by atoms with Crippen LogP contribution in [0, 0.1) is 0 Å². The summed E-state index contributed by atoms with van der Waals surface area (Å²) >= 11 is 1.39. The van der Waals surface area contributed by atoms with Crippen LogP contribution in [0.2, 0.25) is 0 Å². The maximum absolute atomic E-state index is 12.7. The number of nitrogens with zero attached hydrogens (tertiary/aromatic N) is 4. The Morgan fingerprint density at radius 2 is 1.63 bits per heavy atom. The first-order chi connectivity index (χ1) is 14.7. The fourth-order valence-electron chi connectivity index (χ4n) is 2.98. The molecule has 0 bridgehead atoms. The van der Waals surface area contributed by atoms with Gasteiger partial charge < -0.3 is 5.32 Å². The largest absolute Gasteiger partial charge is 0.325 e. The highest BCUT2D eigenvalue weighted by Gasteiger charge is 2.21. The molecule has 2 aromatic carbocycles. The van der Waals surface area contributed by atoms with Gasteiger partial charge in [0.15, 0.2) is 11.0 Å². The van der Waals surface area contributed by atoms with E-state index in [0.29, 0.717) is 11.7 Å². The minimum absolute atomic E-state index is 0.0778. The van der Waals surface area contributed by atoms with Gasteiger partial charge in [-0.25, -0.2) is 0 Å².